The Morgan fingerprint density at radius 3 is 2.78 bits per heavy atom. The van der Waals surface area contributed by atoms with Gasteiger partial charge in [0.1, 0.15) is 17.6 Å². The molecule has 0 amide bonds. The van der Waals surface area contributed by atoms with E-state index in [0.717, 1.165) is 37.2 Å². The maximum Gasteiger partial charge on any atom is 0.125 e. The number of methoxy groups -OCH3 is 1. The van der Waals surface area contributed by atoms with Crippen LogP contribution in [0.25, 0.3) is 0 Å². The van der Waals surface area contributed by atoms with Gasteiger partial charge in [-0.25, -0.2) is 0 Å². The van der Waals surface area contributed by atoms with Crippen molar-refractivity contribution in [3.05, 3.63) is 24.3 Å². The van der Waals surface area contributed by atoms with Gasteiger partial charge < -0.3 is 14.6 Å². The maximum atomic E-state index is 10.0. The third-order valence-corrected chi connectivity index (χ3v) is 3.77. The van der Waals surface area contributed by atoms with Gasteiger partial charge in [0.15, 0.2) is 0 Å². The summed E-state index contributed by atoms with van der Waals surface area (Å²) >= 11 is 0. The molecule has 1 aromatic carbocycles. The predicted octanol–water partition coefficient (Wildman–Crippen LogP) is 3.01. The van der Waals surface area contributed by atoms with Crippen LogP contribution < -0.4 is 9.47 Å². The van der Waals surface area contributed by atoms with Crippen molar-refractivity contribution in [1.82, 2.24) is 0 Å². The Kier molecular flexibility index (Phi) is 4.48. The van der Waals surface area contributed by atoms with E-state index in [-0.39, 0.29) is 12.2 Å². The highest BCUT2D eigenvalue weighted by Crippen LogP contribution is 2.30. The van der Waals surface area contributed by atoms with Crippen molar-refractivity contribution in [2.45, 2.75) is 44.8 Å². The van der Waals surface area contributed by atoms with Crippen molar-refractivity contribution in [3.8, 4) is 11.5 Å². The molecular formula is C15H22O3. The molecule has 1 fully saturated rings. The maximum absolute atomic E-state index is 10.0. The van der Waals surface area contributed by atoms with E-state index in [1.165, 1.54) is 0 Å². The third-order valence-electron chi connectivity index (χ3n) is 3.77. The molecule has 0 heterocycles. The summed E-state index contributed by atoms with van der Waals surface area (Å²) in [6.07, 6.45) is 3.61. The van der Waals surface area contributed by atoms with Gasteiger partial charge in [0.25, 0.3) is 0 Å². The second-order valence-electron chi connectivity index (χ2n) is 4.99. The van der Waals surface area contributed by atoms with Crippen LogP contribution in [0.4, 0.5) is 0 Å². The third kappa shape index (κ3) is 3.16. The average molecular weight is 250 g/mol. The van der Waals surface area contributed by atoms with E-state index in [0.29, 0.717) is 5.92 Å². The highest BCUT2D eigenvalue weighted by molar-refractivity contribution is 5.33. The lowest BCUT2D eigenvalue weighted by Crippen LogP contribution is -2.38. The molecule has 0 radical (unpaired) electrons. The Balaban J connectivity index is 2.02. The molecule has 1 N–H and O–H groups in total. The van der Waals surface area contributed by atoms with Crippen LogP contribution in [0.1, 0.15) is 32.6 Å². The average Bonchev–Trinajstić information content (AvgIpc) is 2.41. The zero-order chi connectivity index (χ0) is 13.0. The molecule has 100 valence electrons. The first-order valence-electron chi connectivity index (χ1n) is 6.71. The molecule has 0 saturated heterocycles. The van der Waals surface area contributed by atoms with Crippen LogP contribution in [0.2, 0.25) is 0 Å². The number of rotatable bonds is 4. The zero-order valence-corrected chi connectivity index (χ0v) is 11.1. The second-order valence-corrected chi connectivity index (χ2v) is 4.99. The molecule has 18 heavy (non-hydrogen) atoms. The van der Waals surface area contributed by atoms with Gasteiger partial charge in [0.05, 0.1) is 13.2 Å². The summed E-state index contributed by atoms with van der Waals surface area (Å²) in [7, 11) is 1.64. The SMILES string of the molecule is CCC1CCC(O)C(Oc2cccc(OC)c2)C1. The topological polar surface area (TPSA) is 38.7 Å². The second kappa shape index (κ2) is 6.10. The molecule has 3 nitrogen and oxygen atoms in total. The molecule has 0 aliphatic heterocycles. The summed E-state index contributed by atoms with van der Waals surface area (Å²) in [5.41, 5.74) is 0. The molecule has 0 spiro atoms. The first-order valence-corrected chi connectivity index (χ1v) is 6.71. The Bertz CT molecular complexity index is 378. The fraction of sp³-hybridized carbons (Fsp3) is 0.600. The lowest BCUT2D eigenvalue weighted by molar-refractivity contribution is -0.0109. The Morgan fingerprint density at radius 1 is 1.28 bits per heavy atom. The minimum Gasteiger partial charge on any atom is -0.497 e. The highest BCUT2D eigenvalue weighted by atomic mass is 16.5. The minimum atomic E-state index is -0.348. The first kappa shape index (κ1) is 13.2. The van der Waals surface area contributed by atoms with Gasteiger partial charge >= 0.3 is 0 Å². The van der Waals surface area contributed by atoms with E-state index < -0.39 is 0 Å². The van der Waals surface area contributed by atoms with Crippen LogP contribution in [-0.2, 0) is 0 Å². The van der Waals surface area contributed by atoms with Gasteiger partial charge in [-0.3, -0.25) is 0 Å². The quantitative estimate of drug-likeness (QED) is 0.892. The first-order chi connectivity index (χ1) is 8.72. The number of benzene rings is 1. The molecule has 0 aromatic heterocycles. The largest absolute Gasteiger partial charge is 0.497 e. The van der Waals surface area contributed by atoms with E-state index in [1.54, 1.807) is 7.11 Å². The van der Waals surface area contributed by atoms with E-state index in [4.69, 9.17) is 9.47 Å². The number of hydrogen-bond donors (Lipinski definition) is 1. The molecule has 3 heteroatoms. The van der Waals surface area contributed by atoms with Crippen LogP contribution in [0.3, 0.4) is 0 Å². The fourth-order valence-corrected chi connectivity index (χ4v) is 2.54. The number of aliphatic hydroxyl groups excluding tert-OH is 1. The van der Waals surface area contributed by atoms with Crippen molar-refractivity contribution in [2.24, 2.45) is 5.92 Å². The normalized spacial score (nSPS) is 27.8. The Hall–Kier alpha value is -1.22. The number of hydrogen-bond acceptors (Lipinski definition) is 3. The smallest absolute Gasteiger partial charge is 0.125 e. The van der Waals surface area contributed by atoms with Gasteiger partial charge in [-0.05, 0) is 37.3 Å². The number of ether oxygens (including phenoxy) is 2. The van der Waals surface area contributed by atoms with Crippen molar-refractivity contribution >= 4 is 0 Å². The predicted molar refractivity (Wildman–Crippen MR) is 71.0 cm³/mol. The van der Waals surface area contributed by atoms with Crippen LogP contribution in [0.5, 0.6) is 11.5 Å². The highest BCUT2D eigenvalue weighted by Gasteiger charge is 2.29. The van der Waals surface area contributed by atoms with Gasteiger partial charge in [-0.2, -0.15) is 0 Å². The van der Waals surface area contributed by atoms with E-state index in [9.17, 15) is 5.11 Å². The number of aliphatic hydroxyl groups is 1. The minimum absolute atomic E-state index is 0.0872. The standard InChI is InChI=1S/C15H22O3/c1-3-11-7-8-14(16)15(9-11)18-13-6-4-5-12(10-13)17-2/h4-6,10-11,14-16H,3,7-9H2,1-2H3. The molecule has 3 unspecified atom stereocenters. The van der Waals surface area contributed by atoms with E-state index in [2.05, 4.69) is 6.92 Å². The molecule has 1 saturated carbocycles. The van der Waals surface area contributed by atoms with Crippen LogP contribution >= 0.6 is 0 Å². The van der Waals surface area contributed by atoms with Gasteiger partial charge in [0.2, 0.25) is 0 Å². The zero-order valence-electron chi connectivity index (χ0n) is 11.1. The van der Waals surface area contributed by atoms with Gasteiger partial charge in [0, 0.05) is 6.07 Å². The van der Waals surface area contributed by atoms with E-state index >= 15 is 0 Å². The summed E-state index contributed by atoms with van der Waals surface area (Å²) in [6, 6.07) is 7.56. The molecular weight excluding hydrogens is 228 g/mol. The van der Waals surface area contributed by atoms with Crippen molar-refractivity contribution in [1.29, 1.82) is 0 Å². The summed E-state index contributed by atoms with van der Waals surface area (Å²) < 4.78 is 11.1. The van der Waals surface area contributed by atoms with Crippen LogP contribution in [-0.4, -0.2) is 24.4 Å². The summed E-state index contributed by atoms with van der Waals surface area (Å²) in [4.78, 5) is 0. The van der Waals surface area contributed by atoms with Gasteiger partial charge in [-0.15, -0.1) is 0 Å². The fourth-order valence-electron chi connectivity index (χ4n) is 2.54. The summed E-state index contributed by atoms with van der Waals surface area (Å²) in [6.45, 7) is 2.20. The molecule has 1 aliphatic carbocycles. The Labute approximate surface area is 109 Å². The summed E-state index contributed by atoms with van der Waals surface area (Å²) in [5, 5.41) is 10.0. The lowest BCUT2D eigenvalue weighted by Gasteiger charge is -2.33. The van der Waals surface area contributed by atoms with Gasteiger partial charge in [-0.1, -0.05) is 19.4 Å². The summed E-state index contributed by atoms with van der Waals surface area (Å²) in [5.74, 6) is 2.23. The van der Waals surface area contributed by atoms with Crippen molar-refractivity contribution in [3.63, 3.8) is 0 Å². The molecule has 2 rings (SSSR count). The van der Waals surface area contributed by atoms with E-state index in [1.807, 2.05) is 24.3 Å². The molecule has 0 bridgehead atoms. The molecule has 1 aliphatic rings. The molecule has 1 aromatic rings. The Morgan fingerprint density at radius 2 is 2.06 bits per heavy atom. The van der Waals surface area contributed by atoms with Crippen LogP contribution in [0, 0.1) is 5.92 Å². The molecule has 3 atom stereocenters. The van der Waals surface area contributed by atoms with Crippen molar-refractivity contribution < 1.29 is 14.6 Å². The lowest BCUT2D eigenvalue weighted by atomic mass is 9.84. The van der Waals surface area contributed by atoms with Crippen LogP contribution in [0.15, 0.2) is 24.3 Å². The van der Waals surface area contributed by atoms with Crippen molar-refractivity contribution in [2.75, 3.05) is 7.11 Å². The monoisotopic (exact) mass is 250 g/mol.